The molecule has 0 bridgehead atoms. The molecule has 0 fully saturated rings. The molecular formula is C26H26N2O3. The maximum absolute atomic E-state index is 13.5. The molecule has 0 radical (unpaired) electrons. The highest BCUT2D eigenvalue weighted by molar-refractivity contribution is 6.14. The van der Waals surface area contributed by atoms with Crippen LogP contribution < -0.4 is 15.0 Å². The first-order valence-electron chi connectivity index (χ1n) is 10.3. The average Bonchev–Trinajstić information content (AvgIpc) is 2.78. The van der Waals surface area contributed by atoms with Crippen LogP contribution >= 0.6 is 0 Å². The number of aryl methyl sites for hydroxylation is 1. The zero-order valence-electron chi connectivity index (χ0n) is 18.0. The number of fused-ring (bicyclic) bond motifs is 1. The predicted octanol–water partition coefficient (Wildman–Crippen LogP) is 4.28. The van der Waals surface area contributed by atoms with Gasteiger partial charge in [0.15, 0.2) is 0 Å². The second-order valence-corrected chi connectivity index (χ2v) is 8.12. The van der Waals surface area contributed by atoms with E-state index < -0.39 is 5.54 Å². The number of hydrogen-bond donors (Lipinski definition) is 1. The first-order chi connectivity index (χ1) is 14.9. The fourth-order valence-corrected chi connectivity index (χ4v) is 4.14. The van der Waals surface area contributed by atoms with Crippen molar-refractivity contribution in [2.75, 3.05) is 12.0 Å². The Bertz CT molecular complexity index is 1120. The third-order valence-electron chi connectivity index (χ3n) is 5.84. The first-order valence-corrected chi connectivity index (χ1v) is 10.3. The number of carbonyl (C=O) groups excluding carboxylic acids is 2. The standard InChI is InChI=1S/C26H26N2O3/c1-18-7-6-9-21(15-18)28-24(29)23-10-5-4-8-20(23)16-26(28,2)25(30)27-17-19-11-13-22(31-3)14-12-19/h4-15H,16-17H2,1-3H3,(H,27,30)/t26-/m1/s1. The van der Waals surface area contributed by atoms with Crippen LogP contribution in [0.2, 0.25) is 0 Å². The number of rotatable bonds is 5. The zero-order chi connectivity index (χ0) is 22.0. The van der Waals surface area contributed by atoms with E-state index in [0.29, 0.717) is 18.5 Å². The summed E-state index contributed by atoms with van der Waals surface area (Å²) < 4.78 is 5.19. The van der Waals surface area contributed by atoms with Gasteiger partial charge in [0.1, 0.15) is 11.3 Å². The lowest BCUT2D eigenvalue weighted by Crippen LogP contribution is -2.63. The molecule has 2 amide bonds. The maximum atomic E-state index is 13.5. The number of amides is 2. The molecule has 1 N–H and O–H groups in total. The summed E-state index contributed by atoms with van der Waals surface area (Å²) in [6.45, 7) is 4.19. The highest BCUT2D eigenvalue weighted by Gasteiger charge is 2.47. The summed E-state index contributed by atoms with van der Waals surface area (Å²) in [5.41, 5.74) is 3.20. The third kappa shape index (κ3) is 3.91. The fraction of sp³-hybridized carbons (Fsp3) is 0.231. The van der Waals surface area contributed by atoms with Crippen molar-refractivity contribution < 1.29 is 14.3 Å². The summed E-state index contributed by atoms with van der Waals surface area (Å²) in [6, 6.07) is 22.8. The lowest BCUT2D eigenvalue weighted by Gasteiger charge is -2.44. The molecule has 3 aromatic carbocycles. The number of hydrogen-bond acceptors (Lipinski definition) is 3. The Kier molecular flexibility index (Phi) is 5.51. The molecule has 1 heterocycles. The van der Waals surface area contributed by atoms with Gasteiger partial charge in [-0.2, -0.15) is 0 Å². The van der Waals surface area contributed by atoms with Gasteiger partial charge in [0, 0.05) is 24.2 Å². The van der Waals surface area contributed by atoms with Crippen molar-refractivity contribution >= 4 is 17.5 Å². The molecule has 0 aromatic heterocycles. The van der Waals surface area contributed by atoms with Crippen LogP contribution in [0.15, 0.2) is 72.8 Å². The molecule has 5 heteroatoms. The Hall–Kier alpha value is -3.60. The van der Waals surface area contributed by atoms with Crippen LogP contribution in [0, 0.1) is 6.92 Å². The van der Waals surface area contributed by atoms with Gasteiger partial charge in [0.05, 0.1) is 7.11 Å². The minimum Gasteiger partial charge on any atom is -0.497 e. The number of nitrogens with zero attached hydrogens (tertiary/aromatic N) is 1. The van der Waals surface area contributed by atoms with Crippen LogP contribution in [0.1, 0.15) is 34.0 Å². The normalized spacial score (nSPS) is 17.8. The van der Waals surface area contributed by atoms with Gasteiger partial charge in [-0.3, -0.25) is 14.5 Å². The van der Waals surface area contributed by atoms with Crippen molar-refractivity contribution in [3.8, 4) is 5.75 Å². The van der Waals surface area contributed by atoms with Crippen LogP contribution in [-0.4, -0.2) is 24.5 Å². The molecule has 1 aliphatic heterocycles. The van der Waals surface area contributed by atoms with Crippen LogP contribution in [0.5, 0.6) is 5.75 Å². The van der Waals surface area contributed by atoms with E-state index in [1.165, 1.54) is 0 Å². The summed E-state index contributed by atoms with van der Waals surface area (Å²) in [5.74, 6) is 0.421. The number of anilines is 1. The van der Waals surface area contributed by atoms with E-state index in [-0.39, 0.29) is 11.8 Å². The smallest absolute Gasteiger partial charge is 0.259 e. The van der Waals surface area contributed by atoms with Gasteiger partial charge in [-0.1, -0.05) is 42.5 Å². The molecule has 0 aliphatic carbocycles. The molecular weight excluding hydrogens is 388 g/mol. The van der Waals surface area contributed by atoms with E-state index in [9.17, 15) is 9.59 Å². The van der Waals surface area contributed by atoms with E-state index in [1.54, 1.807) is 12.0 Å². The lowest BCUT2D eigenvalue weighted by atomic mass is 9.82. The van der Waals surface area contributed by atoms with Gasteiger partial charge >= 0.3 is 0 Å². The predicted molar refractivity (Wildman–Crippen MR) is 121 cm³/mol. The molecule has 158 valence electrons. The monoisotopic (exact) mass is 414 g/mol. The second-order valence-electron chi connectivity index (χ2n) is 8.12. The van der Waals surface area contributed by atoms with E-state index >= 15 is 0 Å². The van der Waals surface area contributed by atoms with Gasteiger partial charge in [-0.05, 0) is 60.9 Å². The Morgan fingerprint density at radius 2 is 1.81 bits per heavy atom. The van der Waals surface area contributed by atoms with Crippen LogP contribution in [-0.2, 0) is 17.8 Å². The van der Waals surface area contributed by atoms with E-state index in [4.69, 9.17) is 4.74 Å². The van der Waals surface area contributed by atoms with Crippen molar-refractivity contribution in [3.05, 3.63) is 95.1 Å². The first kappa shape index (κ1) is 20.7. The summed E-state index contributed by atoms with van der Waals surface area (Å²) in [5, 5.41) is 3.04. The summed E-state index contributed by atoms with van der Waals surface area (Å²) in [4.78, 5) is 28.7. The second kappa shape index (κ2) is 8.26. The zero-order valence-corrected chi connectivity index (χ0v) is 18.0. The SMILES string of the molecule is COc1ccc(CNC(=O)[C@@]2(C)Cc3ccccc3C(=O)N2c2cccc(C)c2)cc1. The maximum Gasteiger partial charge on any atom is 0.259 e. The molecule has 1 aliphatic rings. The third-order valence-corrected chi connectivity index (χ3v) is 5.84. The largest absolute Gasteiger partial charge is 0.497 e. The molecule has 31 heavy (non-hydrogen) atoms. The van der Waals surface area contributed by atoms with Gasteiger partial charge in [-0.15, -0.1) is 0 Å². The van der Waals surface area contributed by atoms with E-state index in [0.717, 1.165) is 28.1 Å². The molecule has 1 atom stereocenters. The Labute approximate surface area is 182 Å². The number of nitrogens with one attached hydrogen (secondary N) is 1. The lowest BCUT2D eigenvalue weighted by molar-refractivity contribution is -0.126. The van der Waals surface area contributed by atoms with Crippen LogP contribution in [0.4, 0.5) is 5.69 Å². The Balaban J connectivity index is 1.67. The minimum absolute atomic E-state index is 0.158. The fourth-order valence-electron chi connectivity index (χ4n) is 4.14. The molecule has 0 unspecified atom stereocenters. The van der Waals surface area contributed by atoms with E-state index in [2.05, 4.69) is 5.32 Å². The number of ether oxygens (including phenoxy) is 1. The van der Waals surface area contributed by atoms with Gasteiger partial charge in [-0.25, -0.2) is 0 Å². The topological polar surface area (TPSA) is 58.6 Å². The number of methoxy groups -OCH3 is 1. The minimum atomic E-state index is -1.05. The molecule has 3 aromatic rings. The summed E-state index contributed by atoms with van der Waals surface area (Å²) in [7, 11) is 1.62. The van der Waals surface area contributed by atoms with E-state index in [1.807, 2.05) is 86.6 Å². The van der Waals surface area contributed by atoms with Crippen molar-refractivity contribution in [3.63, 3.8) is 0 Å². The number of carbonyl (C=O) groups is 2. The van der Waals surface area contributed by atoms with Crippen molar-refractivity contribution in [1.29, 1.82) is 0 Å². The van der Waals surface area contributed by atoms with Gasteiger partial charge in [0.2, 0.25) is 5.91 Å². The molecule has 4 rings (SSSR count). The highest BCUT2D eigenvalue weighted by Crippen LogP contribution is 2.35. The van der Waals surface area contributed by atoms with Crippen molar-refractivity contribution in [2.45, 2.75) is 32.4 Å². The van der Waals surface area contributed by atoms with Crippen LogP contribution in [0.25, 0.3) is 0 Å². The van der Waals surface area contributed by atoms with Crippen LogP contribution in [0.3, 0.4) is 0 Å². The Morgan fingerprint density at radius 3 is 2.52 bits per heavy atom. The molecule has 0 saturated carbocycles. The van der Waals surface area contributed by atoms with Gasteiger partial charge in [0.25, 0.3) is 5.91 Å². The summed E-state index contributed by atoms with van der Waals surface area (Å²) >= 11 is 0. The number of benzene rings is 3. The quantitative estimate of drug-likeness (QED) is 0.678. The molecule has 0 saturated heterocycles. The molecule has 0 spiro atoms. The van der Waals surface area contributed by atoms with Crippen molar-refractivity contribution in [1.82, 2.24) is 5.32 Å². The van der Waals surface area contributed by atoms with Crippen molar-refractivity contribution in [2.24, 2.45) is 0 Å². The summed E-state index contributed by atoms with van der Waals surface area (Å²) in [6.07, 6.45) is 0.442. The highest BCUT2D eigenvalue weighted by atomic mass is 16.5. The average molecular weight is 415 g/mol. The Morgan fingerprint density at radius 1 is 1.06 bits per heavy atom. The van der Waals surface area contributed by atoms with Gasteiger partial charge < -0.3 is 10.1 Å². The molecule has 5 nitrogen and oxygen atoms in total.